The number of benzene rings is 1. The molecule has 0 heterocycles. The molecular weight excluding hydrogens is 216 g/mol. The van der Waals surface area contributed by atoms with Crippen LogP contribution in [0.5, 0.6) is 0 Å². The van der Waals surface area contributed by atoms with Crippen molar-refractivity contribution in [3.63, 3.8) is 0 Å². The van der Waals surface area contributed by atoms with Crippen molar-refractivity contribution in [2.75, 3.05) is 0 Å². The van der Waals surface area contributed by atoms with E-state index >= 15 is 0 Å². The molecule has 0 spiro atoms. The number of carbonyl (C=O) groups excluding carboxylic acids is 2. The molecule has 0 aliphatic carbocycles. The van der Waals surface area contributed by atoms with Crippen molar-refractivity contribution >= 4 is 17.8 Å². The van der Waals surface area contributed by atoms with Crippen LogP contribution in [0.3, 0.4) is 0 Å². The first-order valence-electron chi connectivity index (χ1n) is 5.39. The first kappa shape index (κ1) is 13.2. The molecule has 1 aromatic rings. The minimum absolute atomic E-state index is 0.239. The van der Waals surface area contributed by atoms with Gasteiger partial charge in [-0.2, -0.15) is 0 Å². The number of esters is 1. The van der Waals surface area contributed by atoms with Crippen LogP contribution in [-0.4, -0.2) is 17.4 Å². The summed E-state index contributed by atoms with van der Waals surface area (Å²) in [5.41, 5.74) is -0.184. The largest absolute Gasteiger partial charge is 0.451 e. The van der Waals surface area contributed by atoms with Crippen LogP contribution >= 0.6 is 0 Å². The van der Waals surface area contributed by atoms with Gasteiger partial charge >= 0.3 is 5.97 Å². The standard InChI is InChI=1S/C14H16O3/c1-11(15)17-14(2,3)13(16)10-9-12-7-5-4-6-8-12/h4-10H,1-3H3. The molecule has 0 aromatic heterocycles. The van der Waals surface area contributed by atoms with E-state index in [1.54, 1.807) is 19.9 Å². The summed E-state index contributed by atoms with van der Waals surface area (Å²) in [4.78, 5) is 22.6. The highest BCUT2D eigenvalue weighted by atomic mass is 16.6. The molecule has 0 saturated heterocycles. The Labute approximate surface area is 101 Å². The van der Waals surface area contributed by atoms with Gasteiger partial charge in [-0.05, 0) is 25.5 Å². The summed E-state index contributed by atoms with van der Waals surface area (Å²) in [6, 6.07) is 9.47. The summed E-state index contributed by atoms with van der Waals surface area (Å²) < 4.78 is 4.95. The summed E-state index contributed by atoms with van der Waals surface area (Å²) in [5.74, 6) is -0.701. The van der Waals surface area contributed by atoms with Gasteiger partial charge in [-0.15, -0.1) is 0 Å². The lowest BCUT2D eigenvalue weighted by Gasteiger charge is -2.20. The summed E-state index contributed by atoms with van der Waals surface area (Å²) in [6.45, 7) is 4.44. The van der Waals surface area contributed by atoms with Gasteiger partial charge < -0.3 is 4.74 Å². The minimum atomic E-state index is -1.11. The van der Waals surface area contributed by atoms with Crippen LogP contribution in [0.4, 0.5) is 0 Å². The van der Waals surface area contributed by atoms with Gasteiger partial charge in [0.25, 0.3) is 0 Å². The molecule has 0 saturated carbocycles. The zero-order chi connectivity index (χ0) is 12.9. The molecule has 0 atom stereocenters. The van der Waals surface area contributed by atoms with Crippen molar-refractivity contribution in [3.8, 4) is 0 Å². The Bertz CT molecular complexity index is 430. The lowest BCUT2D eigenvalue weighted by atomic mass is 10.0. The number of carbonyl (C=O) groups is 2. The van der Waals surface area contributed by atoms with Crippen LogP contribution in [0, 0.1) is 0 Å². The predicted molar refractivity (Wildman–Crippen MR) is 66.3 cm³/mol. The van der Waals surface area contributed by atoms with E-state index in [1.165, 1.54) is 13.0 Å². The van der Waals surface area contributed by atoms with Crippen LogP contribution in [0.2, 0.25) is 0 Å². The molecule has 0 bridgehead atoms. The quantitative estimate of drug-likeness (QED) is 0.592. The van der Waals surface area contributed by atoms with Gasteiger partial charge in [0.2, 0.25) is 0 Å². The fourth-order valence-electron chi connectivity index (χ4n) is 1.35. The second-order valence-electron chi connectivity index (χ2n) is 4.21. The Kier molecular flexibility index (Phi) is 4.21. The number of hydrogen-bond donors (Lipinski definition) is 0. The average molecular weight is 232 g/mol. The fourth-order valence-corrected chi connectivity index (χ4v) is 1.35. The summed E-state index contributed by atoms with van der Waals surface area (Å²) >= 11 is 0. The Morgan fingerprint density at radius 3 is 2.29 bits per heavy atom. The lowest BCUT2D eigenvalue weighted by molar-refractivity contribution is -0.159. The minimum Gasteiger partial charge on any atom is -0.451 e. The molecule has 3 heteroatoms. The zero-order valence-electron chi connectivity index (χ0n) is 10.3. The monoisotopic (exact) mass is 232 g/mol. The molecule has 1 aromatic carbocycles. The van der Waals surface area contributed by atoms with E-state index in [0.717, 1.165) is 5.56 Å². The van der Waals surface area contributed by atoms with Gasteiger partial charge in [0.1, 0.15) is 0 Å². The maximum Gasteiger partial charge on any atom is 0.303 e. The van der Waals surface area contributed by atoms with Gasteiger partial charge in [-0.25, -0.2) is 0 Å². The van der Waals surface area contributed by atoms with Crippen molar-refractivity contribution in [1.29, 1.82) is 0 Å². The molecule has 0 aliphatic heterocycles. The average Bonchev–Trinajstić information content (AvgIpc) is 2.25. The molecule has 17 heavy (non-hydrogen) atoms. The van der Waals surface area contributed by atoms with Crippen molar-refractivity contribution in [2.24, 2.45) is 0 Å². The van der Waals surface area contributed by atoms with E-state index in [1.807, 2.05) is 30.3 Å². The Morgan fingerprint density at radius 2 is 1.76 bits per heavy atom. The van der Waals surface area contributed by atoms with Crippen LogP contribution in [0.25, 0.3) is 6.08 Å². The SMILES string of the molecule is CC(=O)OC(C)(C)C(=O)C=Cc1ccccc1. The predicted octanol–water partition coefficient (Wildman–Crippen LogP) is 2.61. The summed E-state index contributed by atoms with van der Waals surface area (Å²) in [5, 5.41) is 0. The third-order valence-corrected chi connectivity index (χ3v) is 2.22. The third kappa shape index (κ3) is 4.23. The summed E-state index contributed by atoms with van der Waals surface area (Å²) in [6.07, 6.45) is 3.13. The van der Waals surface area contributed by atoms with Crippen molar-refractivity contribution in [2.45, 2.75) is 26.4 Å². The maximum absolute atomic E-state index is 11.8. The smallest absolute Gasteiger partial charge is 0.303 e. The second-order valence-corrected chi connectivity index (χ2v) is 4.21. The van der Waals surface area contributed by atoms with Gasteiger partial charge in [-0.3, -0.25) is 9.59 Å². The molecule has 0 unspecified atom stereocenters. The van der Waals surface area contributed by atoms with Crippen molar-refractivity contribution in [3.05, 3.63) is 42.0 Å². The van der Waals surface area contributed by atoms with Crippen LogP contribution in [0.15, 0.2) is 36.4 Å². The van der Waals surface area contributed by atoms with Gasteiger partial charge in [-0.1, -0.05) is 36.4 Å². The highest BCUT2D eigenvalue weighted by molar-refractivity contribution is 6.00. The van der Waals surface area contributed by atoms with E-state index in [9.17, 15) is 9.59 Å². The van der Waals surface area contributed by atoms with E-state index in [2.05, 4.69) is 0 Å². The Morgan fingerprint density at radius 1 is 1.18 bits per heavy atom. The molecule has 3 nitrogen and oxygen atoms in total. The molecule has 0 aliphatic rings. The number of ether oxygens (including phenoxy) is 1. The Balaban J connectivity index is 2.72. The number of ketones is 1. The first-order chi connectivity index (χ1) is 7.92. The highest BCUT2D eigenvalue weighted by Crippen LogP contribution is 2.13. The van der Waals surface area contributed by atoms with Crippen molar-refractivity contribution < 1.29 is 14.3 Å². The lowest BCUT2D eigenvalue weighted by Crippen LogP contribution is -2.35. The first-order valence-corrected chi connectivity index (χ1v) is 5.39. The van der Waals surface area contributed by atoms with E-state index in [4.69, 9.17) is 4.74 Å². The summed E-state index contributed by atoms with van der Waals surface area (Å²) in [7, 11) is 0. The highest BCUT2D eigenvalue weighted by Gasteiger charge is 2.28. The molecule has 0 fully saturated rings. The van der Waals surface area contributed by atoms with Crippen molar-refractivity contribution in [1.82, 2.24) is 0 Å². The molecule has 90 valence electrons. The van der Waals surface area contributed by atoms with Gasteiger partial charge in [0, 0.05) is 6.92 Å². The third-order valence-electron chi connectivity index (χ3n) is 2.22. The topological polar surface area (TPSA) is 43.4 Å². The normalized spacial score (nSPS) is 11.5. The Hall–Kier alpha value is -1.90. The van der Waals surface area contributed by atoms with E-state index < -0.39 is 11.6 Å². The maximum atomic E-state index is 11.8. The molecule has 0 radical (unpaired) electrons. The van der Waals surface area contributed by atoms with Gasteiger partial charge in [0.15, 0.2) is 11.4 Å². The second kappa shape index (κ2) is 5.43. The van der Waals surface area contributed by atoms with Crippen LogP contribution in [-0.2, 0) is 14.3 Å². The molecule has 1 rings (SSSR count). The number of hydrogen-bond acceptors (Lipinski definition) is 3. The van der Waals surface area contributed by atoms with E-state index in [-0.39, 0.29) is 5.78 Å². The molecular formula is C14H16O3. The van der Waals surface area contributed by atoms with Crippen LogP contribution in [0.1, 0.15) is 26.3 Å². The van der Waals surface area contributed by atoms with Crippen LogP contribution < -0.4 is 0 Å². The molecule has 0 N–H and O–H groups in total. The number of rotatable bonds is 4. The van der Waals surface area contributed by atoms with E-state index in [0.29, 0.717) is 0 Å². The zero-order valence-corrected chi connectivity index (χ0v) is 10.3. The van der Waals surface area contributed by atoms with Gasteiger partial charge in [0.05, 0.1) is 0 Å². The molecule has 0 amide bonds. The fraction of sp³-hybridized carbons (Fsp3) is 0.286.